The summed E-state index contributed by atoms with van der Waals surface area (Å²) in [5.74, 6) is 0.964. The fourth-order valence-corrected chi connectivity index (χ4v) is 6.24. The number of sulfone groups is 1. The molecule has 31 heavy (non-hydrogen) atoms. The van der Waals surface area contributed by atoms with E-state index in [2.05, 4.69) is 29.6 Å². The predicted octanol–water partition coefficient (Wildman–Crippen LogP) is 3.00. The van der Waals surface area contributed by atoms with E-state index in [4.69, 9.17) is 9.47 Å². The first-order valence-corrected chi connectivity index (χ1v) is 12.5. The molecule has 6 nitrogen and oxygen atoms in total. The van der Waals surface area contributed by atoms with Crippen molar-refractivity contribution in [2.45, 2.75) is 31.7 Å². The lowest BCUT2D eigenvalue weighted by Crippen LogP contribution is -2.49. The molecule has 0 bridgehead atoms. The largest absolute Gasteiger partial charge is 0.496 e. The minimum Gasteiger partial charge on any atom is -0.496 e. The Morgan fingerprint density at radius 3 is 2.48 bits per heavy atom. The molecular weight excluding hydrogens is 414 g/mol. The van der Waals surface area contributed by atoms with Crippen molar-refractivity contribution < 1.29 is 22.7 Å². The second-order valence-corrected chi connectivity index (χ2v) is 10.8. The van der Waals surface area contributed by atoms with Crippen molar-refractivity contribution in [1.29, 1.82) is 0 Å². The van der Waals surface area contributed by atoms with Gasteiger partial charge in [0.1, 0.15) is 5.75 Å². The molecule has 0 saturated carbocycles. The van der Waals surface area contributed by atoms with Gasteiger partial charge in [-0.05, 0) is 42.9 Å². The van der Waals surface area contributed by atoms with Crippen molar-refractivity contribution >= 4 is 15.7 Å². The third-order valence-electron chi connectivity index (χ3n) is 6.41. The lowest BCUT2D eigenvalue weighted by atomic mass is 9.74. The first-order valence-electron chi connectivity index (χ1n) is 10.7. The Hall–Kier alpha value is -2.38. The summed E-state index contributed by atoms with van der Waals surface area (Å²) in [6, 6.07) is 15.8. The summed E-state index contributed by atoms with van der Waals surface area (Å²) in [6.45, 7) is 1.07. The molecule has 2 aromatic carbocycles. The Morgan fingerprint density at radius 1 is 1.13 bits per heavy atom. The number of carbonyl (C=O) groups is 1. The Labute approximate surface area is 183 Å². The van der Waals surface area contributed by atoms with Gasteiger partial charge in [-0.25, -0.2) is 8.42 Å². The van der Waals surface area contributed by atoms with Crippen molar-refractivity contribution in [3.05, 3.63) is 54.1 Å². The molecule has 2 saturated heterocycles. The molecule has 2 aliphatic heterocycles. The molecule has 2 aromatic rings. The Balaban J connectivity index is 1.52. The van der Waals surface area contributed by atoms with E-state index in [1.807, 2.05) is 24.3 Å². The maximum absolute atomic E-state index is 13.3. The van der Waals surface area contributed by atoms with Gasteiger partial charge in [-0.15, -0.1) is 0 Å². The van der Waals surface area contributed by atoms with Gasteiger partial charge >= 0.3 is 0 Å². The molecule has 1 N–H and O–H groups in total. The van der Waals surface area contributed by atoms with E-state index >= 15 is 0 Å². The van der Waals surface area contributed by atoms with Gasteiger partial charge in [-0.3, -0.25) is 4.79 Å². The van der Waals surface area contributed by atoms with Gasteiger partial charge in [-0.1, -0.05) is 42.5 Å². The van der Waals surface area contributed by atoms with Crippen molar-refractivity contribution in [2.75, 3.05) is 31.8 Å². The summed E-state index contributed by atoms with van der Waals surface area (Å²) < 4.78 is 34.6. The fraction of sp³-hybridized carbons (Fsp3) is 0.458. The highest BCUT2D eigenvalue weighted by atomic mass is 32.2. The SMILES string of the molecule is COc1ccccc1-c1ccc(CC2(C(=O)N[C@@H]3CCS(=O)(=O)C3)CCOCC2)cc1. The number of ether oxygens (including phenoxy) is 2. The molecule has 166 valence electrons. The van der Waals surface area contributed by atoms with Crippen LogP contribution in [0.1, 0.15) is 24.8 Å². The molecule has 1 atom stereocenters. The predicted molar refractivity (Wildman–Crippen MR) is 120 cm³/mol. The quantitative estimate of drug-likeness (QED) is 0.742. The Bertz CT molecular complexity index is 1030. The molecular formula is C24H29NO5S. The molecule has 2 heterocycles. The van der Waals surface area contributed by atoms with Crippen LogP contribution in [-0.4, -0.2) is 52.2 Å². The minimum absolute atomic E-state index is 0.0406. The molecule has 7 heteroatoms. The highest BCUT2D eigenvalue weighted by Crippen LogP contribution is 2.36. The lowest BCUT2D eigenvalue weighted by molar-refractivity contribution is -0.137. The third kappa shape index (κ3) is 4.93. The number of nitrogens with one attached hydrogen (secondary N) is 1. The van der Waals surface area contributed by atoms with Gasteiger partial charge in [0.05, 0.1) is 24.0 Å². The zero-order chi connectivity index (χ0) is 21.9. The van der Waals surface area contributed by atoms with E-state index in [0.717, 1.165) is 22.4 Å². The number of amides is 1. The van der Waals surface area contributed by atoms with Crippen LogP contribution in [-0.2, 0) is 25.8 Å². The van der Waals surface area contributed by atoms with Gasteiger partial charge in [0.2, 0.25) is 5.91 Å². The average Bonchev–Trinajstić information content (AvgIpc) is 3.13. The van der Waals surface area contributed by atoms with Crippen LogP contribution in [0.4, 0.5) is 0 Å². The zero-order valence-electron chi connectivity index (χ0n) is 17.8. The number of carbonyl (C=O) groups excluding carboxylic acids is 1. The normalized spacial score (nSPS) is 22.0. The average molecular weight is 444 g/mol. The molecule has 0 unspecified atom stereocenters. The van der Waals surface area contributed by atoms with Gasteiger partial charge in [-0.2, -0.15) is 0 Å². The summed E-state index contributed by atoms with van der Waals surface area (Å²) in [5, 5.41) is 3.03. The third-order valence-corrected chi connectivity index (χ3v) is 8.18. The first kappa shape index (κ1) is 21.8. The van der Waals surface area contributed by atoms with Crippen LogP contribution in [0, 0.1) is 5.41 Å². The zero-order valence-corrected chi connectivity index (χ0v) is 18.6. The van der Waals surface area contributed by atoms with Crippen molar-refractivity contribution in [2.24, 2.45) is 5.41 Å². The highest BCUT2D eigenvalue weighted by Gasteiger charge is 2.42. The molecule has 2 fully saturated rings. The highest BCUT2D eigenvalue weighted by molar-refractivity contribution is 7.91. The van der Waals surface area contributed by atoms with Crippen molar-refractivity contribution in [3.63, 3.8) is 0 Å². The Morgan fingerprint density at radius 2 is 1.84 bits per heavy atom. The van der Waals surface area contributed by atoms with Crippen molar-refractivity contribution in [3.8, 4) is 16.9 Å². The molecule has 2 aliphatic rings. The maximum atomic E-state index is 13.3. The van der Waals surface area contributed by atoms with E-state index < -0.39 is 15.3 Å². The van der Waals surface area contributed by atoms with Gasteiger partial charge in [0.15, 0.2) is 9.84 Å². The molecule has 0 spiro atoms. The number of hydrogen-bond donors (Lipinski definition) is 1. The maximum Gasteiger partial charge on any atom is 0.226 e. The van der Waals surface area contributed by atoms with Crippen LogP contribution >= 0.6 is 0 Å². The summed E-state index contributed by atoms with van der Waals surface area (Å²) in [7, 11) is -1.37. The standard InChI is InChI=1S/C24H29NO5S/c1-29-22-5-3-2-4-21(22)19-8-6-18(7-9-19)16-24(11-13-30-14-12-24)23(26)25-20-10-15-31(27,28)17-20/h2-9,20H,10-17H2,1H3,(H,25,26)/t20-/m1/s1. The molecule has 0 radical (unpaired) electrons. The monoisotopic (exact) mass is 443 g/mol. The Kier molecular flexibility index (Phi) is 6.34. The number of methoxy groups -OCH3 is 1. The van der Waals surface area contributed by atoms with Gasteiger partial charge in [0, 0.05) is 24.8 Å². The second-order valence-electron chi connectivity index (χ2n) is 8.54. The fourth-order valence-electron chi connectivity index (χ4n) is 4.57. The van der Waals surface area contributed by atoms with Crippen LogP contribution in [0.2, 0.25) is 0 Å². The minimum atomic E-state index is -3.04. The van der Waals surface area contributed by atoms with Gasteiger partial charge in [0.25, 0.3) is 0 Å². The van der Waals surface area contributed by atoms with E-state index in [9.17, 15) is 13.2 Å². The van der Waals surface area contributed by atoms with Gasteiger partial charge < -0.3 is 14.8 Å². The molecule has 1 amide bonds. The smallest absolute Gasteiger partial charge is 0.226 e. The van der Waals surface area contributed by atoms with E-state index in [1.54, 1.807) is 7.11 Å². The summed E-state index contributed by atoms with van der Waals surface area (Å²) in [5.41, 5.74) is 2.59. The van der Waals surface area contributed by atoms with E-state index in [1.165, 1.54) is 0 Å². The van der Waals surface area contributed by atoms with E-state index in [-0.39, 0.29) is 23.5 Å². The number of para-hydroxylation sites is 1. The van der Waals surface area contributed by atoms with Crippen LogP contribution in [0.25, 0.3) is 11.1 Å². The summed E-state index contributed by atoms with van der Waals surface area (Å²) in [6.07, 6.45) is 2.36. The number of rotatable bonds is 6. The molecule has 4 rings (SSSR count). The topological polar surface area (TPSA) is 81.7 Å². The lowest BCUT2D eigenvalue weighted by Gasteiger charge is -2.36. The van der Waals surface area contributed by atoms with Crippen LogP contribution in [0.5, 0.6) is 5.75 Å². The van der Waals surface area contributed by atoms with Crippen LogP contribution in [0.15, 0.2) is 48.5 Å². The number of hydrogen-bond acceptors (Lipinski definition) is 5. The first-order chi connectivity index (χ1) is 14.9. The van der Waals surface area contributed by atoms with Crippen LogP contribution in [0.3, 0.4) is 0 Å². The molecule has 0 aliphatic carbocycles. The summed E-state index contributed by atoms with van der Waals surface area (Å²) >= 11 is 0. The second kappa shape index (κ2) is 9.01. The van der Waals surface area contributed by atoms with E-state index in [0.29, 0.717) is 38.9 Å². The van der Waals surface area contributed by atoms with Crippen LogP contribution < -0.4 is 10.1 Å². The van der Waals surface area contributed by atoms with Crippen molar-refractivity contribution in [1.82, 2.24) is 5.32 Å². The molecule has 0 aromatic heterocycles. The number of benzene rings is 2. The summed E-state index contributed by atoms with van der Waals surface area (Å²) in [4.78, 5) is 13.3.